The average Bonchev–Trinajstić information content (AvgIpc) is 2.36. The molecule has 0 radical (unpaired) electrons. The van der Waals surface area contributed by atoms with E-state index in [9.17, 15) is 4.79 Å². The fraction of sp³-hybridized carbons (Fsp3) is 0.833. The van der Waals surface area contributed by atoms with Crippen molar-refractivity contribution < 1.29 is 19.1 Å². The van der Waals surface area contributed by atoms with Gasteiger partial charge in [0.2, 0.25) is 0 Å². The zero-order chi connectivity index (χ0) is 12.7. The van der Waals surface area contributed by atoms with E-state index >= 15 is 0 Å². The minimum Gasteiger partial charge on any atom is -0.461 e. The smallest absolute Gasteiger partial charge is 0.356 e. The van der Waals surface area contributed by atoms with E-state index < -0.39 is 0 Å². The summed E-state index contributed by atoms with van der Waals surface area (Å²) < 4.78 is 10.3. The van der Waals surface area contributed by atoms with Gasteiger partial charge < -0.3 is 14.3 Å². The lowest BCUT2D eigenvalue weighted by Gasteiger charge is -2.27. The Morgan fingerprint density at radius 3 is 2.35 bits per heavy atom. The molecular formula is C12H21NO4. The van der Waals surface area contributed by atoms with E-state index in [0.717, 1.165) is 25.7 Å². The van der Waals surface area contributed by atoms with Gasteiger partial charge in [0.25, 0.3) is 0 Å². The summed E-state index contributed by atoms with van der Waals surface area (Å²) in [5, 5.41) is 3.82. The Bertz CT molecular complexity index is 270. The average molecular weight is 243 g/mol. The predicted octanol–water partition coefficient (Wildman–Crippen LogP) is 1.76. The Hall–Kier alpha value is -1.10. The number of esters is 1. The van der Waals surface area contributed by atoms with Crippen LogP contribution in [0.2, 0.25) is 0 Å². The summed E-state index contributed by atoms with van der Waals surface area (Å²) in [7, 11) is 3.17. The van der Waals surface area contributed by atoms with Gasteiger partial charge in [-0.25, -0.2) is 4.79 Å². The lowest BCUT2D eigenvalue weighted by Crippen LogP contribution is -2.31. The van der Waals surface area contributed by atoms with Crippen LogP contribution in [0, 0.1) is 5.92 Å². The second kappa shape index (κ2) is 7.27. The van der Waals surface area contributed by atoms with E-state index in [-0.39, 0.29) is 11.9 Å². The molecule has 98 valence electrons. The number of methoxy groups -OCH3 is 1. The van der Waals surface area contributed by atoms with Gasteiger partial charge in [0.05, 0.1) is 12.7 Å². The van der Waals surface area contributed by atoms with E-state index in [1.165, 1.54) is 7.11 Å². The standard InChI is InChI=1S/C12H21NO4/c1-4-17-12(14)11(13-16-3)9-5-7-10(15-2)8-6-9/h9-10H,4-8H2,1-3H3. The van der Waals surface area contributed by atoms with Gasteiger partial charge in [-0.2, -0.15) is 0 Å². The second-order valence-corrected chi connectivity index (χ2v) is 4.09. The molecule has 0 bridgehead atoms. The molecule has 1 fully saturated rings. The van der Waals surface area contributed by atoms with Crippen LogP contribution >= 0.6 is 0 Å². The first kappa shape index (κ1) is 14.0. The molecule has 0 amide bonds. The molecule has 1 saturated carbocycles. The van der Waals surface area contributed by atoms with Gasteiger partial charge in [-0.3, -0.25) is 0 Å². The van der Waals surface area contributed by atoms with Crippen LogP contribution in [0.1, 0.15) is 32.6 Å². The van der Waals surface area contributed by atoms with Crippen molar-refractivity contribution in [3.05, 3.63) is 0 Å². The van der Waals surface area contributed by atoms with Gasteiger partial charge in [0.1, 0.15) is 7.11 Å². The number of ether oxygens (including phenoxy) is 2. The van der Waals surface area contributed by atoms with Crippen LogP contribution in [0.4, 0.5) is 0 Å². The highest BCUT2D eigenvalue weighted by atomic mass is 16.6. The molecule has 0 aromatic carbocycles. The highest BCUT2D eigenvalue weighted by Crippen LogP contribution is 2.27. The number of rotatable bonds is 5. The first-order valence-electron chi connectivity index (χ1n) is 6.03. The minimum absolute atomic E-state index is 0.125. The van der Waals surface area contributed by atoms with Crippen LogP contribution in [-0.2, 0) is 19.1 Å². The number of nitrogens with zero attached hydrogens (tertiary/aromatic N) is 1. The molecule has 1 aliphatic carbocycles. The molecule has 5 nitrogen and oxygen atoms in total. The first-order valence-corrected chi connectivity index (χ1v) is 6.03. The minimum atomic E-state index is -0.366. The number of carbonyl (C=O) groups is 1. The molecule has 0 aromatic heterocycles. The number of oxime groups is 1. The largest absolute Gasteiger partial charge is 0.461 e. The molecule has 0 aliphatic heterocycles. The summed E-state index contributed by atoms with van der Waals surface area (Å²) in [6, 6.07) is 0. The Balaban J connectivity index is 2.60. The van der Waals surface area contributed by atoms with Crippen molar-refractivity contribution in [2.24, 2.45) is 11.1 Å². The lowest BCUT2D eigenvalue weighted by molar-refractivity contribution is -0.135. The maximum Gasteiger partial charge on any atom is 0.356 e. The molecular weight excluding hydrogens is 222 g/mol. The molecule has 0 saturated heterocycles. The third-order valence-corrected chi connectivity index (χ3v) is 3.07. The van der Waals surface area contributed by atoms with E-state index in [1.807, 2.05) is 0 Å². The molecule has 0 unspecified atom stereocenters. The fourth-order valence-corrected chi connectivity index (χ4v) is 2.15. The lowest BCUT2D eigenvalue weighted by atomic mass is 9.84. The zero-order valence-electron chi connectivity index (χ0n) is 10.8. The molecule has 0 heterocycles. The maximum absolute atomic E-state index is 11.7. The number of hydrogen-bond acceptors (Lipinski definition) is 5. The van der Waals surface area contributed by atoms with Gasteiger partial charge in [0.15, 0.2) is 5.71 Å². The zero-order valence-corrected chi connectivity index (χ0v) is 10.8. The van der Waals surface area contributed by atoms with Crippen molar-refractivity contribution >= 4 is 11.7 Å². The summed E-state index contributed by atoms with van der Waals surface area (Å²) in [5.74, 6) is -0.240. The van der Waals surface area contributed by atoms with Gasteiger partial charge in [-0.1, -0.05) is 5.16 Å². The van der Waals surface area contributed by atoms with Crippen LogP contribution in [-0.4, -0.2) is 38.6 Å². The van der Waals surface area contributed by atoms with Gasteiger partial charge >= 0.3 is 5.97 Å². The second-order valence-electron chi connectivity index (χ2n) is 4.09. The maximum atomic E-state index is 11.7. The van der Waals surface area contributed by atoms with Crippen LogP contribution < -0.4 is 0 Å². The summed E-state index contributed by atoms with van der Waals surface area (Å²) in [4.78, 5) is 16.5. The Kier molecular flexibility index (Phi) is 5.97. The highest BCUT2D eigenvalue weighted by Gasteiger charge is 2.30. The number of carbonyl (C=O) groups excluding carboxylic acids is 1. The third kappa shape index (κ3) is 4.00. The van der Waals surface area contributed by atoms with Crippen molar-refractivity contribution in [3.8, 4) is 0 Å². The first-order chi connectivity index (χ1) is 8.22. The molecule has 0 aromatic rings. The van der Waals surface area contributed by atoms with E-state index in [4.69, 9.17) is 14.3 Å². The third-order valence-electron chi connectivity index (χ3n) is 3.07. The van der Waals surface area contributed by atoms with Crippen molar-refractivity contribution in [3.63, 3.8) is 0 Å². The normalized spacial score (nSPS) is 25.5. The Morgan fingerprint density at radius 1 is 1.24 bits per heavy atom. The SMILES string of the molecule is CCOC(=O)C(=NOC)C1CCC(OC)CC1. The predicted molar refractivity (Wildman–Crippen MR) is 63.8 cm³/mol. The van der Waals surface area contributed by atoms with Crippen LogP contribution in [0.3, 0.4) is 0 Å². The van der Waals surface area contributed by atoms with Crippen LogP contribution in [0.25, 0.3) is 0 Å². The van der Waals surface area contributed by atoms with E-state index in [0.29, 0.717) is 18.4 Å². The van der Waals surface area contributed by atoms with Crippen molar-refractivity contribution in [1.29, 1.82) is 0 Å². The highest BCUT2D eigenvalue weighted by molar-refractivity contribution is 6.37. The molecule has 0 N–H and O–H groups in total. The molecule has 17 heavy (non-hydrogen) atoms. The summed E-state index contributed by atoms with van der Waals surface area (Å²) in [6.07, 6.45) is 3.98. The van der Waals surface area contributed by atoms with E-state index in [1.54, 1.807) is 14.0 Å². The van der Waals surface area contributed by atoms with Gasteiger partial charge in [-0.15, -0.1) is 0 Å². The fourth-order valence-electron chi connectivity index (χ4n) is 2.15. The van der Waals surface area contributed by atoms with Crippen LogP contribution in [0.5, 0.6) is 0 Å². The van der Waals surface area contributed by atoms with Crippen molar-refractivity contribution in [2.45, 2.75) is 38.7 Å². The van der Waals surface area contributed by atoms with Crippen molar-refractivity contribution in [2.75, 3.05) is 20.8 Å². The topological polar surface area (TPSA) is 57.1 Å². The van der Waals surface area contributed by atoms with Crippen molar-refractivity contribution in [1.82, 2.24) is 0 Å². The van der Waals surface area contributed by atoms with Gasteiger partial charge in [0, 0.05) is 13.0 Å². The summed E-state index contributed by atoms with van der Waals surface area (Å²) in [5.41, 5.74) is 0.406. The molecule has 0 atom stereocenters. The summed E-state index contributed by atoms with van der Waals surface area (Å²) >= 11 is 0. The van der Waals surface area contributed by atoms with Gasteiger partial charge in [-0.05, 0) is 32.6 Å². The quantitative estimate of drug-likeness (QED) is 0.419. The monoisotopic (exact) mass is 243 g/mol. The number of hydrogen-bond donors (Lipinski definition) is 0. The Morgan fingerprint density at radius 2 is 1.88 bits per heavy atom. The van der Waals surface area contributed by atoms with E-state index in [2.05, 4.69) is 5.16 Å². The summed E-state index contributed by atoms with van der Waals surface area (Å²) in [6.45, 7) is 2.14. The van der Waals surface area contributed by atoms with Crippen LogP contribution in [0.15, 0.2) is 5.16 Å². The Labute approximate surface area is 102 Å². The molecule has 5 heteroatoms. The molecule has 1 aliphatic rings. The molecule has 0 spiro atoms. The molecule has 1 rings (SSSR count).